The highest BCUT2D eigenvalue weighted by molar-refractivity contribution is 9.10. The fourth-order valence-corrected chi connectivity index (χ4v) is 4.22. The van der Waals surface area contributed by atoms with E-state index in [1.807, 2.05) is 0 Å². The number of benzene rings is 2. The van der Waals surface area contributed by atoms with Gasteiger partial charge >= 0.3 is 6.18 Å². The number of nitrogens with zero attached hydrogens (tertiary/aromatic N) is 2. The molecule has 2 N–H and O–H groups in total. The molecule has 0 saturated carbocycles. The monoisotopic (exact) mass is 516 g/mol. The van der Waals surface area contributed by atoms with E-state index in [2.05, 4.69) is 36.8 Å². The van der Waals surface area contributed by atoms with Crippen LogP contribution in [0.2, 0.25) is 0 Å². The van der Waals surface area contributed by atoms with E-state index >= 15 is 0 Å². The fourth-order valence-electron chi connectivity index (χ4n) is 2.27. The first-order chi connectivity index (χ1) is 14.2. The van der Waals surface area contributed by atoms with E-state index in [-0.39, 0.29) is 22.5 Å². The summed E-state index contributed by atoms with van der Waals surface area (Å²) < 4.78 is 40.1. The second kappa shape index (κ2) is 9.58. The van der Waals surface area contributed by atoms with Gasteiger partial charge in [-0.15, -0.1) is 10.2 Å². The lowest BCUT2D eigenvalue weighted by molar-refractivity contribution is -0.137. The lowest BCUT2D eigenvalue weighted by Crippen LogP contribution is -2.18. The minimum absolute atomic E-state index is 0.166. The molecule has 2 aromatic carbocycles. The van der Waals surface area contributed by atoms with Crippen LogP contribution in [-0.4, -0.2) is 27.8 Å². The lowest BCUT2D eigenvalue weighted by Gasteiger charge is -2.13. The average molecular weight is 517 g/mol. The average Bonchev–Trinajstić information content (AvgIpc) is 3.13. The Hall–Kier alpha value is -2.44. The van der Waals surface area contributed by atoms with Gasteiger partial charge in [0.2, 0.25) is 11.0 Å². The van der Waals surface area contributed by atoms with Gasteiger partial charge < -0.3 is 5.32 Å². The molecule has 0 atom stereocenters. The summed E-state index contributed by atoms with van der Waals surface area (Å²) in [6, 6.07) is 11.5. The number of alkyl halides is 3. The van der Waals surface area contributed by atoms with Crippen molar-refractivity contribution in [3.63, 3.8) is 0 Å². The molecule has 30 heavy (non-hydrogen) atoms. The summed E-state index contributed by atoms with van der Waals surface area (Å²) in [5.74, 6) is -1.16. The van der Waals surface area contributed by atoms with E-state index in [0.717, 1.165) is 33.6 Å². The van der Waals surface area contributed by atoms with Gasteiger partial charge in [-0.25, -0.2) is 0 Å². The molecule has 0 aliphatic carbocycles. The molecule has 3 rings (SSSR count). The quantitative estimate of drug-likeness (QED) is 0.343. The Morgan fingerprint density at radius 2 is 1.83 bits per heavy atom. The highest BCUT2D eigenvalue weighted by Gasteiger charge is 2.33. The molecule has 156 valence electrons. The highest BCUT2D eigenvalue weighted by Crippen LogP contribution is 2.34. The molecule has 12 heteroatoms. The number of aromatic nitrogens is 2. The van der Waals surface area contributed by atoms with Gasteiger partial charge in [-0.05, 0) is 30.3 Å². The smallest absolute Gasteiger partial charge is 0.325 e. The summed E-state index contributed by atoms with van der Waals surface area (Å²) in [6.45, 7) is 0. The molecular formula is C18H12BrF3N4O2S2. The van der Waals surface area contributed by atoms with Crippen LogP contribution in [0, 0.1) is 0 Å². The molecule has 0 radical (unpaired) electrons. The summed E-state index contributed by atoms with van der Waals surface area (Å²) in [5.41, 5.74) is -0.803. The number of halogens is 4. The highest BCUT2D eigenvalue weighted by atomic mass is 79.9. The second-order valence-electron chi connectivity index (χ2n) is 5.72. The van der Waals surface area contributed by atoms with Crippen molar-refractivity contribution in [3.05, 3.63) is 64.1 Å². The largest absolute Gasteiger partial charge is 0.418 e. The first-order valence-corrected chi connectivity index (χ1v) is 10.8. The molecule has 0 aliphatic heterocycles. The Balaban J connectivity index is 1.56. The van der Waals surface area contributed by atoms with Crippen LogP contribution in [0.1, 0.15) is 15.9 Å². The van der Waals surface area contributed by atoms with E-state index < -0.39 is 17.6 Å². The van der Waals surface area contributed by atoms with Crippen molar-refractivity contribution in [2.45, 2.75) is 10.5 Å². The van der Waals surface area contributed by atoms with Gasteiger partial charge in [0.15, 0.2) is 4.34 Å². The zero-order valence-corrected chi connectivity index (χ0v) is 18.1. The van der Waals surface area contributed by atoms with Gasteiger partial charge in [0.1, 0.15) is 0 Å². The first-order valence-electron chi connectivity index (χ1n) is 8.21. The van der Waals surface area contributed by atoms with Gasteiger partial charge in [0, 0.05) is 10.0 Å². The second-order valence-corrected chi connectivity index (χ2v) is 8.83. The van der Waals surface area contributed by atoms with E-state index in [1.54, 1.807) is 24.3 Å². The minimum atomic E-state index is -4.57. The fraction of sp³-hybridized carbons (Fsp3) is 0.111. The number of thioether (sulfide) groups is 1. The Morgan fingerprint density at radius 1 is 1.07 bits per heavy atom. The van der Waals surface area contributed by atoms with E-state index in [0.29, 0.717) is 9.90 Å². The molecule has 0 aliphatic rings. The molecule has 0 saturated heterocycles. The zero-order valence-electron chi connectivity index (χ0n) is 14.9. The van der Waals surface area contributed by atoms with Crippen LogP contribution in [0.3, 0.4) is 0 Å². The third-order valence-electron chi connectivity index (χ3n) is 3.55. The van der Waals surface area contributed by atoms with Crippen molar-refractivity contribution >= 4 is 61.7 Å². The number of rotatable bonds is 6. The van der Waals surface area contributed by atoms with E-state index in [1.165, 1.54) is 18.2 Å². The number of carbonyl (C=O) groups is 2. The van der Waals surface area contributed by atoms with Crippen LogP contribution in [-0.2, 0) is 11.0 Å². The summed E-state index contributed by atoms with van der Waals surface area (Å²) >= 11 is 5.34. The molecule has 1 aromatic heterocycles. The maximum atomic E-state index is 13.0. The first kappa shape index (κ1) is 22.2. The maximum Gasteiger partial charge on any atom is 0.418 e. The maximum absolute atomic E-state index is 13.0. The van der Waals surface area contributed by atoms with Crippen molar-refractivity contribution in [2.24, 2.45) is 0 Å². The van der Waals surface area contributed by atoms with Gasteiger partial charge in [0.25, 0.3) is 5.91 Å². The van der Waals surface area contributed by atoms with E-state index in [4.69, 9.17) is 0 Å². The molecule has 1 heterocycles. The van der Waals surface area contributed by atoms with Crippen molar-refractivity contribution in [1.82, 2.24) is 10.2 Å². The molecule has 0 fully saturated rings. The third-order valence-corrected chi connectivity index (χ3v) is 6.01. The number of anilines is 2. The number of nitrogens with one attached hydrogen (secondary N) is 2. The molecular weight excluding hydrogens is 505 g/mol. The van der Waals surface area contributed by atoms with Crippen LogP contribution in [0.15, 0.2) is 57.3 Å². The van der Waals surface area contributed by atoms with Crippen molar-refractivity contribution < 1.29 is 22.8 Å². The Labute approximate surface area is 185 Å². The number of hydrogen-bond donors (Lipinski definition) is 2. The molecule has 0 bridgehead atoms. The summed E-state index contributed by atoms with van der Waals surface area (Å²) in [4.78, 5) is 24.3. The third kappa shape index (κ3) is 6.03. The molecule has 0 unspecified atom stereocenters. The Morgan fingerprint density at radius 3 is 2.57 bits per heavy atom. The molecule has 2 amide bonds. The Kier molecular flexibility index (Phi) is 7.10. The van der Waals surface area contributed by atoms with Crippen molar-refractivity contribution in [2.75, 3.05) is 16.4 Å². The van der Waals surface area contributed by atoms with Crippen molar-refractivity contribution in [1.29, 1.82) is 0 Å². The SMILES string of the molecule is O=C(CSc1nnc(NC(=O)c2cccc(Br)c2)s1)Nc1ccccc1C(F)(F)F. The molecule has 3 aromatic rings. The predicted octanol–water partition coefficient (Wildman–Crippen LogP) is 5.30. The molecule has 6 nitrogen and oxygen atoms in total. The topological polar surface area (TPSA) is 84.0 Å². The van der Waals surface area contributed by atoms with Crippen LogP contribution in [0.4, 0.5) is 24.0 Å². The molecule has 0 spiro atoms. The number of para-hydroxylation sites is 1. The van der Waals surface area contributed by atoms with Gasteiger partial charge in [-0.2, -0.15) is 13.2 Å². The van der Waals surface area contributed by atoms with Gasteiger partial charge in [-0.3, -0.25) is 14.9 Å². The van der Waals surface area contributed by atoms with Gasteiger partial charge in [0.05, 0.1) is 17.0 Å². The van der Waals surface area contributed by atoms with E-state index in [9.17, 15) is 22.8 Å². The number of amides is 2. The van der Waals surface area contributed by atoms with Crippen molar-refractivity contribution in [3.8, 4) is 0 Å². The van der Waals surface area contributed by atoms with Crippen LogP contribution in [0.5, 0.6) is 0 Å². The summed E-state index contributed by atoms with van der Waals surface area (Å²) in [7, 11) is 0. The van der Waals surface area contributed by atoms with Crippen LogP contribution >= 0.6 is 39.0 Å². The number of hydrogen-bond acceptors (Lipinski definition) is 6. The van der Waals surface area contributed by atoms with Gasteiger partial charge in [-0.1, -0.05) is 57.2 Å². The normalized spacial score (nSPS) is 11.2. The summed E-state index contributed by atoms with van der Waals surface area (Å²) in [6.07, 6.45) is -4.57. The summed E-state index contributed by atoms with van der Waals surface area (Å²) in [5, 5.41) is 12.8. The minimum Gasteiger partial charge on any atom is -0.325 e. The lowest BCUT2D eigenvalue weighted by atomic mass is 10.1. The standard InChI is InChI=1S/C18H12BrF3N4O2S2/c19-11-5-3-4-10(8-11)15(28)24-16-25-26-17(30-16)29-9-14(27)23-13-7-2-1-6-12(13)18(20,21)22/h1-8H,9H2,(H,23,27)(H,24,25,28). The van der Waals surface area contributed by atoms with Crippen LogP contribution < -0.4 is 10.6 Å². The zero-order chi connectivity index (χ0) is 21.7. The number of carbonyl (C=O) groups excluding carboxylic acids is 2. The predicted molar refractivity (Wildman–Crippen MR) is 113 cm³/mol. The van der Waals surface area contributed by atoms with Crippen LogP contribution in [0.25, 0.3) is 0 Å². The Bertz CT molecular complexity index is 1080.